The summed E-state index contributed by atoms with van der Waals surface area (Å²) >= 11 is 3.56. The van der Waals surface area contributed by atoms with Crippen LogP contribution in [0.1, 0.15) is 5.56 Å². The summed E-state index contributed by atoms with van der Waals surface area (Å²) in [5, 5.41) is 3.45. The van der Waals surface area contributed by atoms with Gasteiger partial charge in [-0.05, 0) is 30.8 Å². The number of nitrogens with one attached hydrogen (secondary N) is 1. The highest BCUT2D eigenvalue weighted by Crippen LogP contribution is 2.22. The Morgan fingerprint density at radius 1 is 1.53 bits per heavy atom. The van der Waals surface area contributed by atoms with Crippen molar-refractivity contribution in [2.24, 2.45) is 0 Å². The third-order valence-corrected chi connectivity index (χ3v) is 4.06. The topological polar surface area (TPSA) is 33.7 Å². The normalized spacial score (nSPS) is 20.5. The average Bonchev–Trinajstić information content (AvgIpc) is 2.41. The summed E-state index contributed by atoms with van der Waals surface area (Å²) in [6.07, 6.45) is 0.281. The maximum atomic E-state index is 5.72. The van der Waals surface area contributed by atoms with Crippen LogP contribution in [0.15, 0.2) is 22.7 Å². The minimum Gasteiger partial charge on any atom is -0.497 e. The van der Waals surface area contributed by atoms with Gasteiger partial charge in [0, 0.05) is 30.7 Å². The van der Waals surface area contributed by atoms with Crippen molar-refractivity contribution in [1.82, 2.24) is 10.2 Å². The molecule has 0 aliphatic carbocycles. The molecule has 0 spiro atoms. The fourth-order valence-electron chi connectivity index (χ4n) is 2.17. The van der Waals surface area contributed by atoms with Crippen LogP contribution in [0.25, 0.3) is 0 Å². The van der Waals surface area contributed by atoms with E-state index in [4.69, 9.17) is 9.47 Å². The lowest BCUT2D eigenvalue weighted by molar-refractivity contribution is -0.0182. The first-order valence-corrected chi connectivity index (χ1v) is 7.31. The third-order valence-electron chi connectivity index (χ3n) is 3.28. The van der Waals surface area contributed by atoms with Gasteiger partial charge in [0.15, 0.2) is 0 Å². The molecule has 1 aliphatic rings. The van der Waals surface area contributed by atoms with Crippen LogP contribution in [-0.2, 0) is 11.3 Å². The SMILES string of the molecule is COc1ccc(Br)c(CNCC2CN(C)CCO2)c1. The second-order valence-electron chi connectivity index (χ2n) is 4.84. The van der Waals surface area contributed by atoms with Gasteiger partial charge in [-0.25, -0.2) is 0 Å². The van der Waals surface area contributed by atoms with Gasteiger partial charge in [0.1, 0.15) is 5.75 Å². The zero-order valence-corrected chi connectivity index (χ0v) is 13.1. The molecule has 0 radical (unpaired) electrons. The van der Waals surface area contributed by atoms with E-state index >= 15 is 0 Å². The lowest BCUT2D eigenvalue weighted by atomic mass is 10.2. The summed E-state index contributed by atoms with van der Waals surface area (Å²) in [4.78, 5) is 2.30. The molecule has 1 aromatic rings. The van der Waals surface area contributed by atoms with E-state index in [9.17, 15) is 0 Å². The Bertz CT molecular complexity index is 414. The molecule has 106 valence electrons. The van der Waals surface area contributed by atoms with Crippen molar-refractivity contribution >= 4 is 15.9 Å². The molecule has 19 heavy (non-hydrogen) atoms. The number of rotatable bonds is 5. The van der Waals surface area contributed by atoms with Gasteiger partial charge in [0.05, 0.1) is 19.8 Å². The van der Waals surface area contributed by atoms with Crippen LogP contribution in [0, 0.1) is 0 Å². The van der Waals surface area contributed by atoms with E-state index < -0.39 is 0 Å². The van der Waals surface area contributed by atoms with E-state index in [-0.39, 0.29) is 6.10 Å². The van der Waals surface area contributed by atoms with Crippen molar-refractivity contribution in [2.75, 3.05) is 40.4 Å². The van der Waals surface area contributed by atoms with E-state index in [0.717, 1.165) is 43.0 Å². The van der Waals surface area contributed by atoms with Gasteiger partial charge in [-0.1, -0.05) is 15.9 Å². The maximum Gasteiger partial charge on any atom is 0.119 e. The Morgan fingerprint density at radius 3 is 3.11 bits per heavy atom. The molecule has 1 atom stereocenters. The van der Waals surface area contributed by atoms with Gasteiger partial charge in [-0.2, -0.15) is 0 Å². The molecule has 5 heteroatoms. The zero-order valence-electron chi connectivity index (χ0n) is 11.5. The fourth-order valence-corrected chi connectivity index (χ4v) is 2.56. The van der Waals surface area contributed by atoms with Crippen molar-refractivity contribution in [3.8, 4) is 5.75 Å². The number of hydrogen-bond acceptors (Lipinski definition) is 4. The first-order valence-electron chi connectivity index (χ1n) is 6.52. The molecule has 0 saturated carbocycles. The number of benzene rings is 1. The molecule has 1 aromatic carbocycles. The maximum absolute atomic E-state index is 5.72. The van der Waals surface area contributed by atoms with Crippen LogP contribution in [0.3, 0.4) is 0 Å². The Hall–Kier alpha value is -0.620. The van der Waals surface area contributed by atoms with Crippen molar-refractivity contribution in [3.05, 3.63) is 28.2 Å². The number of hydrogen-bond donors (Lipinski definition) is 1. The van der Waals surface area contributed by atoms with E-state index in [1.807, 2.05) is 18.2 Å². The number of ether oxygens (including phenoxy) is 2. The predicted molar refractivity (Wildman–Crippen MR) is 79.6 cm³/mol. The Balaban J connectivity index is 1.81. The highest BCUT2D eigenvalue weighted by atomic mass is 79.9. The van der Waals surface area contributed by atoms with Crippen LogP contribution in [0.4, 0.5) is 0 Å². The van der Waals surface area contributed by atoms with Crippen molar-refractivity contribution < 1.29 is 9.47 Å². The monoisotopic (exact) mass is 328 g/mol. The molecule has 4 nitrogen and oxygen atoms in total. The molecular formula is C14H21BrN2O2. The first kappa shape index (κ1) is 14.8. The summed E-state index contributed by atoms with van der Waals surface area (Å²) in [6, 6.07) is 6.01. The molecule has 1 N–H and O–H groups in total. The van der Waals surface area contributed by atoms with Crippen LogP contribution in [-0.4, -0.2) is 51.4 Å². The van der Waals surface area contributed by atoms with Crippen LogP contribution >= 0.6 is 15.9 Å². The Morgan fingerprint density at radius 2 is 2.37 bits per heavy atom. The fraction of sp³-hybridized carbons (Fsp3) is 0.571. The van der Waals surface area contributed by atoms with E-state index in [2.05, 4.69) is 33.2 Å². The number of likely N-dealkylation sites (N-methyl/N-ethyl adjacent to an activating group) is 1. The van der Waals surface area contributed by atoms with Gasteiger partial charge < -0.3 is 19.7 Å². The molecule has 1 saturated heterocycles. The quantitative estimate of drug-likeness (QED) is 0.894. The molecule has 1 unspecified atom stereocenters. The van der Waals surface area contributed by atoms with Gasteiger partial charge in [0.2, 0.25) is 0 Å². The number of morpholine rings is 1. The van der Waals surface area contributed by atoms with E-state index in [1.165, 1.54) is 5.56 Å². The number of methoxy groups -OCH3 is 1. The first-order chi connectivity index (χ1) is 9.19. The van der Waals surface area contributed by atoms with Crippen LogP contribution < -0.4 is 10.1 Å². The summed E-state index contributed by atoms with van der Waals surface area (Å²) in [5.41, 5.74) is 1.20. The van der Waals surface area contributed by atoms with Crippen LogP contribution in [0.2, 0.25) is 0 Å². The highest BCUT2D eigenvalue weighted by molar-refractivity contribution is 9.10. The molecule has 1 heterocycles. The molecule has 1 fully saturated rings. The van der Waals surface area contributed by atoms with Gasteiger partial charge in [-0.15, -0.1) is 0 Å². The van der Waals surface area contributed by atoms with Gasteiger partial charge in [0.25, 0.3) is 0 Å². The van der Waals surface area contributed by atoms with E-state index in [1.54, 1.807) is 7.11 Å². The second kappa shape index (κ2) is 7.24. The van der Waals surface area contributed by atoms with E-state index in [0.29, 0.717) is 0 Å². The predicted octanol–water partition coefficient (Wildman–Crippen LogP) is 1.88. The molecule has 1 aliphatic heterocycles. The van der Waals surface area contributed by atoms with Crippen molar-refractivity contribution in [1.29, 1.82) is 0 Å². The van der Waals surface area contributed by atoms with Gasteiger partial charge >= 0.3 is 0 Å². The molecule has 2 rings (SSSR count). The molecule has 0 aromatic heterocycles. The standard InChI is InChI=1S/C14H21BrN2O2/c1-17-5-6-19-13(10-17)9-16-8-11-7-12(18-2)3-4-14(11)15/h3-4,7,13,16H,5-6,8-10H2,1-2H3. The summed E-state index contributed by atoms with van der Waals surface area (Å²) in [6.45, 7) is 4.52. The summed E-state index contributed by atoms with van der Waals surface area (Å²) in [5.74, 6) is 0.883. The number of halogens is 1. The lowest BCUT2D eigenvalue weighted by Crippen LogP contribution is -2.44. The summed E-state index contributed by atoms with van der Waals surface area (Å²) in [7, 11) is 3.82. The largest absolute Gasteiger partial charge is 0.497 e. The van der Waals surface area contributed by atoms with Gasteiger partial charge in [-0.3, -0.25) is 0 Å². The zero-order chi connectivity index (χ0) is 13.7. The lowest BCUT2D eigenvalue weighted by Gasteiger charge is -2.30. The average molecular weight is 329 g/mol. The number of nitrogens with zero attached hydrogens (tertiary/aromatic N) is 1. The van der Waals surface area contributed by atoms with Crippen molar-refractivity contribution in [2.45, 2.75) is 12.6 Å². The smallest absolute Gasteiger partial charge is 0.119 e. The Kier molecular flexibility index (Phi) is 5.63. The molecule has 0 amide bonds. The molecular weight excluding hydrogens is 308 g/mol. The highest BCUT2D eigenvalue weighted by Gasteiger charge is 2.17. The summed E-state index contributed by atoms with van der Waals surface area (Å²) < 4.78 is 12.1. The third kappa shape index (κ3) is 4.45. The second-order valence-corrected chi connectivity index (χ2v) is 5.70. The van der Waals surface area contributed by atoms with Crippen LogP contribution in [0.5, 0.6) is 5.75 Å². The minimum atomic E-state index is 0.281. The Labute approximate surface area is 123 Å². The molecule has 0 bridgehead atoms. The van der Waals surface area contributed by atoms with Crippen molar-refractivity contribution in [3.63, 3.8) is 0 Å². The minimum absolute atomic E-state index is 0.281.